The Morgan fingerprint density at radius 2 is 2.24 bits per heavy atom. The highest BCUT2D eigenvalue weighted by atomic mass is 35.5. The maximum atomic E-state index is 13.4. The number of likely N-dealkylation sites (tertiary alicyclic amines) is 1. The van der Waals surface area contributed by atoms with Gasteiger partial charge in [0, 0.05) is 24.2 Å². The van der Waals surface area contributed by atoms with Gasteiger partial charge in [-0.1, -0.05) is 11.6 Å². The van der Waals surface area contributed by atoms with E-state index in [1.165, 1.54) is 18.2 Å². The molecule has 5 nitrogen and oxygen atoms in total. The average molecular weight is 309 g/mol. The Kier molecular flexibility index (Phi) is 3.63. The maximum Gasteiger partial charge on any atom is 0.254 e. The van der Waals surface area contributed by atoms with Crippen LogP contribution in [0, 0.1) is 5.82 Å². The summed E-state index contributed by atoms with van der Waals surface area (Å²) in [6.45, 7) is 0.616. The Bertz CT molecular complexity index is 667. The summed E-state index contributed by atoms with van der Waals surface area (Å²) in [5.74, 6) is -0.00879. The summed E-state index contributed by atoms with van der Waals surface area (Å²) >= 11 is 5.82. The van der Waals surface area contributed by atoms with Crippen LogP contribution in [0.2, 0.25) is 5.02 Å². The normalized spacial score (nSPS) is 18.2. The number of benzene rings is 1. The van der Waals surface area contributed by atoms with Gasteiger partial charge >= 0.3 is 0 Å². The van der Waals surface area contributed by atoms with Crippen molar-refractivity contribution in [3.63, 3.8) is 0 Å². The van der Waals surface area contributed by atoms with Crippen LogP contribution in [0.3, 0.4) is 0 Å². The molecule has 7 heteroatoms. The average Bonchev–Trinajstić information content (AvgIpc) is 3.04. The number of carbonyl (C=O) groups excluding carboxylic acids is 1. The molecule has 0 aliphatic carbocycles. The molecule has 1 unspecified atom stereocenters. The molecule has 110 valence electrons. The second-order valence-electron chi connectivity index (χ2n) is 5.11. The van der Waals surface area contributed by atoms with Crippen LogP contribution < -0.4 is 0 Å². The third-order valence-electron chi connectivity index (χ3n) is 3.67. The first-order valence-electron chi connectivity index (χ1n) is 6.67. The zero-order valence-electron chi connectivity index (χ0n) is 11.5. The number of aromatic nitrogens is 3. The zero-order valence-corrected chi connectivity index (χ0v) is 12.2. The van der Waals surface area contributed by atoms with Gasteiger partial charge in [0.25, 0.3) is 5.91 Å². The lowest BCUT2D eigenvalue weighted by Gasteiger charge is -2.24. The lowest BCUT2D eigenvalue weighted by molar-refractivity contribution is 0.0727. The summed E-state index contributed by atoms with van der Waals surface area (Å²) in [6.07, 6.45) is 3.31. The predicted octanol–water partition coefficient (Wildman–Crippen LogP) is 2.58. The minimum atomic E-state index is -0.514. The second-order valence-corrected chi connectivity index (χ2v) is 5.55. The van der Waals surface area contributed by atoms with E-state index in [2.05, 4.69) is 10.2 Å². The van der Waals surface area contributed by atoms with E-state index in [4.69, 9.17) is 11.6 Å². The van der Waals surface area contributed by atoms with E-state index in [1.807, 2.05) is 7.05 Å². The summed E-state index contributed by atoms with van der Waals surface area (Å²) in [4.78, 5) is 14.3. The van der Waals surface area contributed by atoms with Crippen molar-refractivity contribution < 1.29 is 9.18 Å². The molecular weight excluding hydrogens is 295 g/mol. The van der Waals surface area contributed by atoms with E-state index in [1.54, 1.807) is 15.8 Å². The molecule has 2 heterocycles. The standard InChI is InChI=1S/C14H14ClFN4O/c1-19-8-17-18-13(19)12-3-2-4-20(12)14(21)9-5-10(15)7-11(16)6-9/h5-8,12H,2-4H2,1H3. The fourth-order valence-corrected chi connectivity index (χ4v) is 2.94. The van der Waals surface area contributed by atoms with Crippen LogP contribution in [0.4, 0.5) is 4.39 Å². The van der Waals surface area contributed by atoms with E-state index in [0.717, 1.165) is 18.7 Å². The number of hydrogen-bond acceptors (Lipinski definition) is 3. The smallest absolute Gasteiger partial charge is 0.254 e. The van der Waals surface area contributed by atoms with E-state index in [0.29, 0.717) is 6.54 Å². The molecular formula is C14H14ClFN4O. The topological polar surface area (TPSA) is 51.0 Å². The quantitative estimate of drug-likeness (QED) is 0.857. The van der Waals surface area contributed by atoms with Gasteiger partial charge in [0.2, 0.25) is 0 Å². The summed E-state index contributed by atoms with van der Waals surface area (Å²) in [6, 6.07) is 3.74. The molecule has 1 amide bonds. The molecule has 1 aliphatic heterocycles. The highest BCUT2D eigenvalue weighted by Crippen LogP contribution is 2.32. The molecule has 1 saturated heterocycles. The fourth-order valence-electron chi connectivity index (χ4n) is 2.72. The zero-order chi connectivity index (χ0) is 15.0. The first-order chi connectivity index (χ1) is 10.1. The van der Waals surface area contributed by atoms with Gasteiger partial charge in [0.05, 0.1) is 6.04 Å². The van der Waals surface area contributed by atoms with Gasteiger partial charge in [-0.2, -0.15) is 0 Å². The van der Waals surface area contributed by atoms with Crippen LogP contribution >= 0.6 is 11.6 Å². The number of halogens is 2. The highest BCUT2D eigenvalue weighted by Gasteiger charge is 2.33. The lowest BCUT2D eigenvalue weighted by atomic mass is 10.1. The van der Waals surface area contributed by atoms with Crippen LogP contribution in [0.1, 0.15) is 35.1 Å². The molecule has 0 bridgehead atoms. The Labute approximate surface area is 126 Å². The molecule has 1 aromatic carbocycles. The molecule has 0 N–H and O–H groups in total. The molecule has 0 radical (unpaired) electrons. The Morgan fingerprint density at radius 3 is 2.90 bits per heavy atom. The molecule has 0 spiro atoms. The summed E-state index contributed by atoms with van der Waals surface area (Å²) in [5.41, 5.74) is 0.258. The van der Waals surface area contributed by atoms with Crippen LogP contribution in [0.25, 0.3) is 0 Å². The summed E-state index contributed by atoms with van der Waals surface area (Å²) < 4.78 is 15.2. The first-order valence-corrected chi connectivity index (χ1v) is 7.05. The van der Waals surface area contributed by atoms with Crippen molar-refractivity contribution in [2.45, 2.75) is 18.9 Å². The largest absolute Gasteiger partial charge is 0.328 e. The van der Waals surface area contributed by atoms with Crippen molar-refractivity contribution in [2.75, 3.05) is 6.54 Å². The van der Waals surface area contributed by atoms with E-state index in [9.17, 15) is 9.18 Å². The monoisotopic (exact) mass is 308 g/mol. The molecule has 1 aromatic heterocycles. The van der Waals surface area contributed by atoms with Crippen molar-refractivity contribution in [1.82, 2.24) is 19.7 Å². The predicted molar refractivity (Wildman–Crippen MR) is 75.4 cm³/mol. The van der Waals surface area contributed by atoms with Gasteiger partial charge in [-0.05, 0) is 31.0 Å². The maximum absolute atomic E-state index is 13.4. The molecule has 21 heavy (non-hydrogen) atoms. The lowest BCUT2D eigenvalue weighted by Crippen LogP contribution is -2.32. The number of carbonyl (C=O) groups is 1. The molecule has 0 saturated carbocycles. The molecule has 2 aromatic rings. The van der Waals surface area contributed by atoms with Crippen molar-refractivity contribution in [1.29, 1.82) is 0 Å². The summed E-state index contributed by atoms with van der Waals surface area (Å²) in [5, 5.41) is 8.15. The van der Waals surface area contributed by atoms with Gasteiger partial charge in [-0.25, -0.2) is 4.39 Å². The summed E-state index contributed by atoms with van der Waals surface area (Å²) in [7, 11) is 1.84. The van der Waals surface area contributed by atoms with Crippen molar-refractivity contribution >= 4 is 17.5 Å². The first kappa shape index (κ1) is 14.0. The van der Waals surface area contributed by atoms with Crippen LogP contribution in [0.5, 0.6) is 0 Å². The third-order valence-corrected chi connectivity index (χ3v) is 3.89. The Hall–Kier alpha value is -1.95. The minimum absolute atomic E-state index is 0.132. The second kappa shape index (κ2) is 5.44. The van der Waals surface area contributed by atoms with Gasteiger partial charge < -0.3 is 9.47 Å². The molecule has 1 fully saturated rings. The molecule has 3 rings (SSSR count). The highest BCUT2D eigenvalue weighted by molar-refractivity contribution is 6.31. The van der Waals surface area contributed by atoms with Crippen LogP contribution in [0.15, 0.2) is 24.5 Å². The number of amides is 1. The number of hydrogen-bond donors (Lipinski definition) is 0. The Morgan fingerprint density at radius 1 is 1.43 bits per heavy atom. The Balaban J connectivity index is 1.91. The van der Waals surface area contributed by atoms with Crippen LogP contribution in [-0.4, -0.2) is 32.1 Å². The molecule has 1 aliphatic rings. The molecule has 1 atom stereocenters. The third kappa shape index (κ3) is 2.63. The minimum Gasteiger partial charge on any atom is -0.328 e. The van der Waals surface area contributed by atoms with Crippen molar-refractivity contribution in [3.05, 3.63) is 46.8 Å². The number of rotatable bonds is 2. The van der Waals surface area contributed by atoms with E-state index < -0.39 is 5.82 Å². The van der Waals surface area contributed by atoms with E-state index in [-0.39, 0.29) is 22.5 Å². The van der Waals surface area contributed by atoms with Crippen LogP contribution in [-0.2, 0) is 7.05 Å². The van der Waals surface area contributed by atoms with Gasteiger partial charge in [-0.3, -0.25) is 4.79 Å². The SMILES string of the molecule is Cn1cnnc1C1CCCN1C(=O)c1cc(F)cc(Cl)c1. The van der Waals surface area contributed by atoms with Gasteiger partial charge in [-0.15, -0.1) is 10.2 Å². The van der Waals surface area contributed by atoms with Gasteiger partial charge in [0.1, 0.15) is 12.1 Å². The van der Waals surface area contributed by atoms with Crippen molar-refractivity contribution in [2.24, 2.45) is 7.05 Å². The number of aryl methyl sites for hydroxylation is 1. The van der Waals surface area contributed by atoms with E-state index >= 15 is 0 Å². The fraction of sp³-hybridized carbons (Fsp3) is 0.357. The van der Waals surface area contributed by atoms with Gasteiger partial charge in [0.15, 0.2) is 5.82 Å². The number of nitrogens with zero attached hydrogens (tertiary/aromatic N) is 4. The van der Waals surface area contributed by atoms with Crippen molar-refractivity contribution in [3.8, 4) is 0 Å².